The van der Waals surface area contributed by atoms with Gasteiger partial charge in [-0.3, -0.25) is 4.79 Å². The van der Waals surface area contributed by atoms with Crippen molar-refractivity contribution >= 4 is 5.91 Å². The second-order valence-electron chi connectivity index (χ2n) is 5.60. The number of rotatable bonds is 5. The molecular formula is C13H22N4O. The molecule has 0 unspecified atom stereocenters. The van der Waals surface area contributed by atoms with E-state index in [1.807, 2.05) is 10.8 Å². The largest absolute Gasteiger partial charge is 0.363 e. The number of carbonyl (C=O) groups is 1. The van der Waals surface area contributed by atoms with Crippen LogP contribution in [0.2, 0.25) is 0 Å². The van der Waals surface area contributed by atoms with Crippen molar-refractivity contribution in [2.24, 2.45) is 5.73 Å². The van der Waals surface area contributed by atoms with Crippen molar-refractivity contribution in [3.63, 3.8) is 0 Å². The van der Waals surface area contributed by atoms with Gasteiger partial charge < -0.3 is 15.2 Å². The number of carbonyl (C=O) groups excluding carboxylic acids is 1. The third-order valence-electron chi connectivity index (χ3n) is 3.75. The fourth-order valence-corrected chi connectivity index (χ4v) is 2.53. The SMILES string of the molecule is CC(C)(CCN1CCCC1)n1ccnc1C(N)=O. The van der Waals surface area contributed by atoms with Crippen LogP contribution in [0.1, 0.15) is 43.7 Å². The molecular weight excluding hydrogens is 228 g/mol. The molecule has 0 aromatic carbocycles. The monoisotopic (exact) mass is 250 g/mol. The molecule has 0 radical (unpaired) electrons. The number of imidazole rings is 1. The second kappa shape index (κ2) is 5.10. The Morgan fingerprint density at radius 2 is 2.11 bits per heavy atom. The zero-order chi connectivity index (χ0) is 13.2. The first-order chi connectivity index (χ1) is 8.50. The first-order valence-corrected chi connectivity index (χ1v) is 6.57. The highest BCUT2D eigenvalue weighted by Crippen LogP contribution is 2.23. The van der Waals surface area contributed by atoms with Gasteiger partial charge in [-0.15, -0.1) is 0 Å². The second-order valence-corrected chi connectivity index (χ2v) is 5.60. The summed E-state index contributed by atoms with van der Waals surface area (Å²) < 4.78 is 1.89. The van der Waals surface area contributed by atoms with E-state index in [4.69, 9.17) is 5.73 Å². The van der Waals surface area contributed by atoms with E-state index in [0.29, 0.717) is 5.82 Å². The highest BCUT2D eigenvalue weighted by atomic mass is 16.1. The maximum atomic E-state index is 11.3. The number of primary amides is 1. The van der Waals surface area contributed by atoms with E-state index >= 15 is 0 Å². The Kier molecular flexibility index (Phi) is 3.71. The van der Waals surface area contributed by atoms with E-state index in [1.54, 1.807) is 6.20 Å². The van der Waals surface area contributed by atoms with Crippen LogP contribution in [0, 0.1) is 0 Å². The Balaban J connectivity index is 2.04. The molecule has 0 spiro atoms. The molecule has 1 amide bonds. The minimum Gasteiger partial charge on any atom is -0.363 e. The predicted octanol–water partition coefficient (Wildman–Crippen LogP) is 1.20. The molecule has 2 rings (SSSR count). The molecule has 0 bridgehead atoms. The zero-order valence-corrected chi connectivity index (χ0v) is 11.2. The molecule has 1 aliphatic rings. The zero-order valence-electron chi connectivity index (χ0n) is 11.2. The average Bonchev–Trinajstić information content (AvgIpc) is 2.98. The average molecular weight is 250 g/mol. The summed E-state index contributed by atoms with van der Waals surface area (Å²) in [5.74, 6) is -0.115. The van der Waals surface area contributed by atoms with E-state index in [0.717, 1.165) is 13.0 Å². The molecule has 0 aliphatic carbocycles. The first kappa shape index (κ1) is 13.1. The van der Waals surface area contributed by atoms with Crippen LogP contribution in [0.4, 0.5) is 0 Å². The van der Waals surface area contributed by atoms with Crippen LogP contribution in [0.3, 0.4) is 0 Å². The van der Waals surface area contributed by atoms with Gasteiger partial charge in [-0.25, -0.2) is 4.98 Å². The Labute approximate surface area is 108 Å². The third-order valence-corrected chi connectivity index (χ3v) is 3.75. The molecule has 1 saturated heterocycles. The standard InChI is InChI=1S/C13H22N4O/c1-13(2,5-9-16-7-3-4-8-16)17-10-6-15-12(17)11(14)18/h6,10H,3-5,7-9H2,1-2H3,(H2,14,18). The molecule has 0 atom stereocenters. The van der Waals surface area contributed by atoms with Crippen LogP contribution in [-0.4, -0.2) is 40.0 Å². The lowest BCUT2D eigenvalue weighted by Crippen LogP contribution is -2.35. The van der Waals surface area contributed by atoms with Gasteiger partial charge in [0, 0.05) is 24.5 Å². The van der Waals surface area contributed by atoms with E-state index in [1.165, 1.54) is 25.9 Å². The van der Waals surface area contributed by atoms with Crippen molar-refractivity contribution in [3.05, 3.63) is 18.2 Å². The van der Waals surface area contributed by atoms with Crippen LogP contribution in [-0.2, 0) is 5.54 Å². The number of likely N-dealkylation sites (tertiary alicyclic amines) is 1. The molecule has 1 fully saturated rings. The molecule has 2 N–H and O–H groups in total. The Morgan fingerprint density at radius 3 is 2.72 bits per heavy atom. The minimum absolute atomic E-state index is 0.135. The molecule has 5 heteroatoms. The van der Waals surface area contributed by atoms with E-state index in [9.17, 15) is 4.79 Å². The molecule has 100 valence electrons. The third kappa shape index (κ3) is 2.72. The summed E-state index contributed by atoms with van der Waals surface area (Å²) in [6.45, 7) is 7.70. The van der Waals surface area contributed by atoms with Gasteiger partial charge in [-0.05, 0) is 46.2 Å². The van der Waals surface area contributed by atoms with Gasteiger partial charge in [0.1, 0.15) is 0 Å². The number of nitrogens with zero attached hydrogens (tertiary/aromatic N) is 3. The lowest BCUT2D eigenvalue weighted by atomic mass is 9.99. The molecule has 1 aromatic heterocycles. The first-order valence-electron chi connectivity index (χ1n) is 6.57. The van der Waals surface area contributed by atoms with Crippen LogP contribution in [0.15, 0.2) is 12.4 Å². The van der Waals surface area contributed by atoms with Crippen LogP contribution in [0.5, 0.6) is 0 Å². The van der Waals surface area contributed by atoms with Crippen molar-refractivity contribution in [2.75, 3.05) is 19.6 Å². The molecule has 18 heavy (non-hydrogen) atoms. The summed E-state index contributed by atoms with van der Waals surface area (Å²) in [6, 6.07) is 0. The summed E-state index contributed by atoms with van der Waals surface area (Å²) in [5.41, 5.74) is 5.21. The summed E-state index contributed by atoms with van der Waals surface area (Å²) in [7, 11) is 0. The normalized spacial score (nSPS) is 17.2. The fraction of sp³-hybridized carbons (Fsp3) is 0.692. The van der Waals surface area contributed by atoms with Crippen molar-refractivity contribution in [1.82, 2.24) is 14.5 Å². The smallest absolute Gasteiger partial charge is 0.284 e. The number of nitrogens with two attached hydrogens (primary N) is 1. The minimum atomic E-state index is -0.464. The van der Waals surface area contributed by atoms with Crippen LogP contribution < -0.4 is 5.73 Å². The molecule has 0 saturated carbocycles. The number of amides is 1. The van der Waals surface area contributed by atoms with Crippen molar-refractivity contribution in [2.45, 2.75) is 38.6 Å². The van der Waals surface area contributed by atoms with Gasteiger partial charge in [-0.2, -0.15) is 0 Å². The fourth-order valence-electron chi connectivity index (χ4n) is 2.53. The van der Waals surface area contributed by atoms with E-state index in [2.05, 4.69) is 23.7 Å². The Morgan fingerprint density at radius 1 is 1.44 bits per heavy atom. The topological polar surface area (TPSA) is 64.2 Å². The van der Waals surface area contributed by atoms with Gasteiger partial charge in [0.2, 0.25) is 0 Å². The summed E-state index contributed by atoms with van der Waals surface area (Å²) >= 11 is 0. The quantitative estimate of drug-likeness (QED) is 0.854. The van der Waals surface area contributed by atoms with Gasteiger partial charge in [0.15, 0.2) is 5.82 Å². The van der Waals surface area contributed by atoms with E-state index < -0.39 is 5.91 Å². The van der Waals surface area contributed by atoms with Crippen LogP contribution >= 0.6 is 0 Å². The van der Waals surface area contributed by atoms with Gasteiger partial charge >= 0.3 is 0 Å². The molecule has 5 nitrogen and oxygen atoms in total. The van der Waals surface area contributed by atoms with E-state index in [-0.39, 0.29) is 5.54 Å². The maximum absolute atomic E-state index is 11.3. The Bertz CT molecular complexity index is 418. The highest BCUT2D eigenvalue weighted by molar-refractivity contribution is 5.89. The highest BCUT2D eigenvalue weighted by Gasteiger charge is 2.26. The molecule has 2 heterocycles. The van der Waals surface area contributed by atoms with Crippen molar-refractivity contribution in [1.29, 1.82) is 0 Å². The lowest BCUT2D eigenvalue weighted by molar-refractivity contribution is 0.0976. The number of aromatic nitrogens is 2. The summed E-state index contributed by atoms with van der Waals surface area (Å²) in [5, 5.41) is 0. The lowest BCUT2D eigenvalue weighted by Gasteiger charge is -2.30. The molecule has 1 aromatic rings. The summed E-state index contributed by atoms with van der Waals surface area (Å²) in [6.07, 6.45) is 7.07. The number of hydrogen-bond acceptors (Lipinski definition) is 3. The van der Waals surface area contributed by atoms with Gasteiger partial charge in [0.25, 0.3) is 5.91 Å². The predicted molar refractivity (Wildman–Crippen MR) is 70.4 cm³/mol. The maximum Gasteiger partial charge on any atom is 0.284 e. The van der Waals surface area contributed by atoms with Crippen molar-refractivity contribution in [3.8, 4) is 0 Å². The Hall–Kier alpha value is -1.36. The van der Waals surface area contributed by atoms with Crippen molar-refractivity contribution < 1.29 is 4.79 Å². The molecule has 1 aliphatic heterocycles. The van der Waals surface area contributed by atoms with Gasteiger partial charge in [-0.1, -0.05) is 0 Å². The summed E-state index contributed by atoms with van der Waals surface area (Å²) in [4.78, 5) is 17.8. The number of hydrogen-bond donors (Lipinski definition) is 1. The van der Waals surface area contributed by atoms with Gasteiger partial charge in [0.05, 0.1) is 0 Å². The van der Waals surface area contributed by atoms with Crippen LogP contribution in [0.25, 0.3) is 0 Å².